The summed E-state index contributed by atoms with van der Waals surface area (Å²) in [6, 6.07) is 4.46. The molecule has 146 valence electrons. The number of amides is 1. The zero-order chi connectivity index (χ0) is 19.6. The minimum atomic E-state index is 0.149. The van der Waals surface area contributed by atoms with Gasteiger partial charge < -0.3 is 20.1 Å². The van der Waals surface area contributed by atoms with Crippen LogP contribution in [0.5, 0.6) is 0 Å². The third kappa shape index (κ3) is 4.10. The Labute approximate surface area is 161 Å². The van der Waals surface area contributed by atoms with E-state index in [1.807, 2.05) is 4.90 Å². The average molecular weight is 370 g/mol. The first-order valence-corrected chi connectivity index (χ1v) is 9.77. The summed E-state index contributed by atoms with van der Waals surface area (Å²) in [4.78, 5) is 24.1. The number of nitrogens with one attached hydrogen (secondary N) is 2. The van der Waals surface area contributed by atoms with Crippen molar-refractivity contribution in [2.24, 2.45) is 4.99 Å². The largest absolute Gasteiger partial charge is 0.358 e. The van der Waals surface area contributed by atoms with E-state index in [1.54, 1.807) is 6.92 Å². The molecule has 27 heavy (non-hydrogen) atoms. The molecule has 1 amide bonds. The molecule has 0 unspecified atom stereocenters. The molecule has 2 aromatic rings. The Kier molecular flexibility index (Phi) is 5.73. The number of guanidine groups is 1. The van der Waals surface area contributed by atoms with Crippen molar-refractivity contribution in [3.63, 3.8) is 0 Å². The van der Waals surface area contributed by atoms with Gasteiger partial charge in [-0.1, -0.05) is 11.6 Å². The second-order valence-electron chi connectivity index (χ2n) is 7.38. The van der Waals surface area contributed by atoms with Crippen LogP contribution in [0.3, 0.4) is 0 Å². The zero-order valence-corrected chi connectivity index (χ0v) is 17.1. The molecule has 1 fully saturated rings. The SMILES string of the molecule is CCNC(=NCc1cc(C)cc2c(C)c(C)[nH]c12)N1CCN(C(C)=O)CC1. The molecule has 0 aliphatic carbocycles. The van der Waals surface area contributed by atoms with Gasteiger partial charge >= 0.3 is 0 Å². The lowest BCUT2D eigenvalue weighted by atomic mass is 10.0. The minimum absolute atomic E-state index is 0.149. The Balaban J connectivity index is 1.83. The molecule has 2 N–H and O–H groups in total. The third-order valence-corrected chi connectivity index (χ3v) is 5.40. The van der Waals surface area contributed by atoms with E-state index in [-0.39, 0.29) is 5.91 Å². The van der Waals surface area contributed by atoms with Gasteiger partial charge in [0.2, 0.25) is 5.91 Å². The second kappa shape index (κ2) is 8.03. The number of fused-ring (bicyclic) bond motifs is 1. The van der Waals surface area contributed by atoms with Crippen molar-refractivity contribution in [3.8, 4) is 0 Å². The molecule has 1 saturated heterocycles. The second-order valence-corrected chi connectivity index (χ2v) is 7.38. The van der Waals surface area contributed by atoms with Crippen LogP contribution < -0.4 is 5.32 Å². The van der Waals surface area contributed by atoms with Crippen LogP contribution in [0.2, 0.25) is 0 Å². The molecule has 6 nitrogen and oxygen atoms in total. The third-order valence-electron chi connectivity index (χ3n) is 5.40. The van der Waals surface area contributed by atoms with Crippen LogP contribution in [0, 0.1) is 20.8 Å². The number of benzene rings is 1. The molecule has 2 heterocycles. The van der Waals surface area contributed by atoms with Gasteiger partial charge in [-0.25, -0.2) is 4.99 Å². The lowest BCUT2D eigenvalue weighted by Crippen LogP contribution is -2.53. The molecule has 6 heteroatoms. The zero-order valence-electron chi connectivity index (χ0n) is 17.1. The Morgan fingerprint density at radius 1 is 1.15 bits per heavy atom. The normalized spacial score (nSPS) is 15.5. The monoisotopic (exact) mass is 369 g/mol. The number of hydrogen-bond donors (Lipinski definition) is 2. The standard InChI is InChI=1S/C21H31N5O/c1-6-22-21(26-9-7-25(8-10-26)17(5)27)23-13-18-11-14(2)12-19-15(3)16(4)24-20(18)19/h11-12,24H,6-10,13H2,1-5H3,(H,22,23). The lowest BCUT2D eigenvalue weighted by molar-refractivity contribution is -0.130. The molecule has 0 saturated carbocycles. The fraction of sp³-hybridized carbons (Fsp3) is 0.524. The van der Waals surface area contributed by atoms with Crippen LogP contribution in [0.25, 0.3) is 10.9 Å². The Hall–Kier alpha value is -2.50. The van der Waals surface area contributed by atoms with Gasteiger partial charge in [0, 0.05) is 50.7 Å². The van der Waals surface area contributed by atoms with Gasteiger partial charge in [0.05, 0.1) is 12.1 Å². The highest BCUT2D eigenvalue weighted by Crippen LogP contribution is 2.26. The number of carbonyl (C=O) groups is 1. The maximum absolute atomic E-state index is 11.6. The predicted octanol–water partition coefficient (Wildman–Crippen LogP) is 2.72. The summed E-state index contributed by atoms with van der Waals surface area (Å²) in [5.74, 6) is 1.08. The number of piperazine rings is 1. The molecular weight excluding hydrogens is 338 g/mol. The summed E-state index contributed by atoms with van der Waals surface area (Å²) in [5, 5.41) is 4.70. The topological polar surface area (TPSA) is 63.7 Å². The molecule has 1 aromatic carbocycles. The summed E-state index contributed by atoms with van der Waals surface area (Å²) in [5.41, 5.74) is 6.20. The van der Waals surface area contributed by atoms with E-state index in [0.29, 0.717) is 6.54 Å². The average Bonchev–Trinajstić information content (AvgIpc) is 2.93. The maximum atomic E-state index is 11.6. The molecule has 0 spiro atoms. The fourth-order valence-corrected chi connectivity index (χ4v) is 3.73. The number of rotatable bonds is 3. The van der Waals surface area contributed by atoms with Crippen molar-refractivity contribution < 1.29 is 4.79 Å². The number of aromatic amines is 1. The van der Waals surface area contributed by atoms with E-state index in [9.17, 15) is 4.79 Å². The Morgan fingerprint density at radius 3 is 2.44 bits per heavy atom. The first kappa shape index (κ1) is 19.3. The summed E-state index contributed by atoms with van der Waals surface area (Å²) in [7, 11) is 0. The number of nitrogens with zero attached hydrogens (tertiary/aromatic N) is 3. The number of aryl methyl sites for hydroxylation is 3. The molecule has 0 radical (unpaired) electrons. The van der Waals surface area contributed by atoms with Gasteiger partial charge in [0.15, 0.2) is 5.96 Å². The van der Waals surface area contributed by atoms with Crippen molar-refractivity contribution in [1.29, 1.82) is 0 Å². The smallest absolute Gasteiger partial charge is 0.219 e. The van der Waals surface area contributed by atoms with Crippen molar-refractivity contribution in [1.82, 2.24) is 20.1 Å². The number of carbonyl (C=O) groups excluding carboxylic acids is 1. The summed E-state index contributed by atoms with van der Waals surface area (Å²) in [6.07, 6.45) is 0. The van der Waals surface area contributed by atoms with Gasteiger partial charge in [-0.15, -0.1) is 0 Å². The number of aliphatic imine (C=N–C) groups is 1. The molecule has 1 aliphatic heterocycles. The van der Waals surface area contributed by atoms with Crippen LogP contribution in [0.4, 0.5) is 0 Å². The van der Waals surface area contributed by atoms with Crippen LogP contribution >= 0.6 is 0 Å². The predicted molar refractivity (Wildman–Crippen MR) is 111 cm³/mol. The summed E-state index contributed by atoms with van der Waals surface area (Å²) < 4.78 is 0. The van der Waals surface area contributed by atoms with E-state index in [2.05, 4.69) is 55.0 Å². The van der Waals surface area contributed by atoms with Gasteiger partial charge in [-0.2, -0.15) is 0 Å². The number of aromatic nitrogens is 1. The highest BCUT2D eigenvalue weighted by molar-refractivity contribution is 5.88. The highest BCUT2D eigenvalue weighted by atomic mass is 16.2. The fourth-order valence-electron chi connectivity index (χ4n) is 3.73. The molecule has 1 aliphatic rings. The van der Waals surface area contributed by atoms with E-state index in [4.69, 9.17) is 4.99 Å². The van der Waals surface area contributed by atoms with Crippen molar-refractivity contribution >= 4 is 22.8 Å². The van der Waals surface area contributed by atoms with E-state index in [1.165, 1.54) is 33.3 Å². The van der Waals surface area contributed by atoms with Crippen LogP contribution in [0.1, 0.15) is 36.2 Å². The van der Waals surface area contributed by atoms with Crippen LogP contribution in [-0.2, 0) is 11.3 Å². The first-order chi connectivity index (χ1) is 12.9. The molecule has 1 aromatic heterocycles. The van der Waals surface area contributed by atoms with E-state index >= 15 is 0 Å². The van der Waals surface area contributed by atoms with E-state index in [0.717, 1.165) is 38.7 Å². The quantitative estimate of drug-likeness (QED) is 0.646. The highest BCUT2D eigenvalue weighted by Gasteiger charge is 2.21. The Morgan fingerprint density at radius 2 is 1.81 bits per heavy atom. The van der Waals surface area contributed by atoms with Crippen LogP contribution in [-0.4, -0.2) is 59.4 Å². The molecule has 3 rings (SSSR count). The van der Waals surface area contributed by atoms with Crippen molar-refractivity contribution in [3.05, 3.63) is 34.5 Å². The van der Waals surface area contributed by atoms with E-state index < -0.39 is 0 Å². The summed E-state index contributed by atoms with van der Waals surface area (Å²) in [6.45, 7) is 14.7. The number of hydrogen-bond acceptors (Lipinski definition) is 2. The van der Waals surface area contributed by atoms with Gasteiger partial charge in [0.25, 0.3) is 0 Å². The minimum Gasteiger partial charge on any atom is -0.358 e. The molecule has 0 bridgehead atoms. The summed E-state index contributed by atoms with van der Waals surface area (Å²) >= 11 is 0. The van der Waals surface area contributed by atoms with Crippen molar-refractivity contribution in [2.75, 3.05) is 32.7 Å². The van der Waals surface area contributed by atoms with Crippen LogP contribution in [0.15, 0.2) is 17.1 Å². The van der Waals surface area contributed by atoms with Gasteiger partial charge in [-0.05, 0) is 44.9 Å². The molecular formula is C21H31N5O. The lowest BCUT2D eigenvalue weighted by Gasteiger charge is -2.36. The Bertz CT molecular complexity index is 859. The van der Waals surface area contributed by atoms with Crippen molar-refractivity contribution in [2.45, 2.75) is 41.2 Å². The van der Waals surface area contributed by atoms with Gasteiger partial charge in [0.1, 0.15) is 0 Å². The van der Waals surface area contributed by atoms with Gasteiger partial charge in [-0.3, -0.25) is 4.79 Å². The number of H-pyrrole nitrogens is 1. The maximum Gasteiger partial charge on any atom is 0.219 e. The molecule has 0 atom stereocenters. The first-order valence-electron chi connectivity index (χ1n) is 9.77.